The summed E-state index contributed by atoms with van der Waals surface area (Å²) in [5, 5.41) is 9.60. The van der Waals surface area contributed by atoms with Crippen LogP contribution < -0.4 is 4.74 Å². The molecule has 1 heterocycles. The van der Waals surface area contributed by atoms with Crippen molar-refractivity contribution in [2.24, 2.45) is 0 Å². The van der Waals surface area contributed by atoms with Gasteiger partial charge in [0.25, 0.3) is 0 Å². The molecule has 0 aliphatic rings. The van der Waals surface area contributed by atoms with Crippen molar-refractivity contribution < 1.29 is 18.7 Å². The summed E-state index contributed by atoms with van der Waals surface area (Å²) in [7, 11) is -3.77. The highest BCUT2D eigenvalue weighted by molar-refractivity contribution is 7.13. The van der Waals surface area contributed by atoms with Gasteiger partial charge < -0.3 is 18.7 Å². The normalized spacial score (nSPS) is 13.8. The zero-order chi connectivity index (χ0) is 28.1. The van der Waals surface area contributed by atoms with Crippen molar-refractivity contribution in [3.63, 3.8) is 0 Å². The van der Waals surface area contributed by atoms with E-state index < -0.39 is 16.6 Å². The summed E-state index contributed by atoms with van der Waals surface area (Å²) in [5.41, 5.74) is 3.50. The van der Waals surface area contributed by atoms with Gasteiger partial charge in [0.1, 0.15) is 12.4 Å². The molecule has 0 radical (unpaired) electrons. The van der Waals surface area contributed by atoms with E-state index >= 15 is 0 Å². The predicted octanol–water partition coefficient (Wildman–Crippen LogP) is 9.16. The van der Waals surface area contributed by atoms with Gasteiger partial charge in [-0.15, -0.1) is 11.3 Å². The lowest BCUT2D eigenvalue weighted by atomic mass is 10.1. The smallest absolute Gasteiger partial charge is 0.192 e. The lowest BCUT2D eigenvalue weighted by Crippen LogP contribution is -2.41. The Labute approximate surface area is 232 Å². The third kappa shape index (κ3) is 8.90. The zero-order valence-corrected chi connectivity index (χ0v) is 27.9. The molecule has 0 atom stereocenters. The van der Waals surface area contributed by atoms with Gasteiger partial charge in [0.15, 0.2) is 16.6 Å². The quantitative estimate of drug-likeness (QED) is 0.262. The number of thiophene rings is 1. The third-order valence-electron chi connectivity index (χ3n) is 8.04. The summed E-state index contributed by atoms with van der Waals surface area (Å²) in [4.78, 5) is 2.36. The van der Waals surface area contributed by atoms with Crippen LogP contribution in [0.15, 0.2) is 36.4 Å². The maximum Gasteiger partial charge on any atom is 0.192 e. The summed E-state index contributed by atoms with van der Waals surface area (Å²) in [6.45, 7) is 26.7. The molecule has 0 bridgehead atoms. The monoisotopic (exact) mass is 562 g/mol. The molecule has 0 spiro atoms. The fraction of sp³-hybridized carbons (Fsp3) is 0.600. The number of ether oxygens (including phenoxy) is 1. The van der Waals surface area contributed by atoms with Gasteiger partial charge in [-0.3, -0.25) is 0 Å². The van der Waals surface area contributed by atoms with Crippen LogP contribution in [0, 0.1) is 0 Å². The first-order valence-electron chi connectivity index (χ1n) is 13.4. The second-order valence-electron chi connectivity index (χ2n) is 12.8. The fourth-order valence-electron chi connectivity index (χ4n) is 3.23. The molecule has 1 aromatic carbocycles. The molecule has 2 rings (SSSR count). The van der Waals surface area contributed by atoms with Crippen LogP contribution in [0.2, 0.25) is 36.3 Å². The molecule has 1 aromatic heterocycles. The van der Waals surface area contributed by atoms with Crippen LogP contribution in [0.25, 0.3) is 5.57 Å². The molecule has 7 heteroatoms. The van der Waals surface area contributed by atoms with E-state index in [2.05, 4.69) is 105 Å². The van der Waals surface area contributed by atoms with E-state index in [1.165, 1.54) is 16.0 Å². The van der Waals surface area contributed by atoms with Crippen molar-refractivity contribution in [1.82, 2.24) is 0 Å². The Morgan fingerprint density at radius 2 is 1.41 bits per heavy atom. The SMILES string of the molecule is CC/C(=C\CO)c1ccc(COc2ccc(CO[Si](C)(C)C(C)(C)C)c(CO[Si](C)(C)C(C)(C)C)c2)s1. The van der Waals surface area contributed by atoms with Crippen molar-refractivity contribution in [3.8, 4) is 5.75 Å². The Hall–Kier alpha value is -1.23. The molecule has 0 saturated heterocycles. The largest absolute Gasteiger partial charge is 0.488 e. The van der Waals surface area contributed by atoms with Crippen molar-refractivity contribution in [2.75, 3.05) is 6.61 Å². The Kier molecular flexibility index (Phi) is 11.0. The molecule has 1 N–H and O–H groups in total. The molecular formula is C30H50O4SSi2. The molecule has 0 unspecified atom stereocenters. The van der Waals surface area contributed by atoms with Gasteiger partial charge in [0.05, 0.1) is 19.8 Å². The van der Waals surface area contributed by atoms with Gasteiger partial charge in [-0.2, -0.15) is 0 Å². The van der Waals surface area contributed by atoms with Crippen molar-refractivity contribution in [2.45, 2.75) is 111 Å². The highest BCUT2D eigenvalue weighted by Crippen LogP contribution is 2.39. The van der Waals surface area contributed by atoms with Gasteiger partial charge in [-0.1, -0.05) is 60.6 Å². The lowest BCUT2D eigenvalue weighted by Gasteiger charge is -2.37. The van der Waals surface area contributed by atoms with Crippen LogP contribution in [0.3, 0.4) is 0 Å². The number of allylic oxidation sites excluding steroid dienone is 1. The van der Waals surface area contributed by atoms with Crippen molar-refractivity contribution in [3.05, 3.63) is 57.3 Å². The zero-order valence-electron chi connectivity index (χ0n) is 25.1. The predicted molar refractivity (Wildman–Crippen MR) is 164 cm³/mol. The Morgan fingerprint density at radius 3 is 1.92 bits per heavy atom. The Morgan fingerprint density at radius 1 is 0.838 bits per heavy atom. The van der Waals surface area contributed by atoms with Gasteiger partial charge >= 0.3 is 0 Å². The number of hydrogen-bond donors (Lipinski definition) is 1. The van der Waals surface area contributed by atoms with Crippen LogP contribution in [0.4, 0.5) is 0 Å². The summed E-state index contributed by atoms with van der Waals surface area (Å²) in [6.07, 6.45) is 2.78. The molecule has 208 valence electrons. The minimum atomic E-state index is -1.90. The minimum absolute atomic E-state index is 0.0676. The summed E-state index contributed by atoms with van der Waals surface area (Å²) in [6, 6.07) is 10.6. The van der Waals surface area contributed by atoms with Crippen LogP contribution in [0.1, 0.15) is 75.8 Å². The molecular weight excluding hydrogens is 513 g/mol. The third-order valence-corrected chi connectivity index (χ3v) is 18.1. The van der Waals surface area contributed by atoms with Crippen LogP contribution >= 0.6 is 11.3 Å². The molecule has 0 aliphatic heterocycles. The molecule has 0 amide bonds. The average molecular weight is 563 g/mol. The van der Waals surface area contributed by atoms with E-state index in [0.717, 1.165) is 22.6 Å². The van der Waals surface area contributed by atoms with Crippen molar-refractivity contribution in [1.29, 1.82) is 0 Å². The molecule has 4 nitrogen and oxygen atoms in total. The molecule has 0 saturated carbocycles. The second-order valence-corrected chi connectivity index (χ2v) is 23.6. The van der Waals surface area contributed by atoms with Gasteiger partial charge in [-0.05, 0) is 83.7 Å². The lowest BCUT2D eigenvalue weighted by molar-refractivity contribution is 0.255. The summed E-state index contributed by atoms with van der Waals surface area (Å²) in [5.74, 6) is 0.849. The van der Waals surface area contributed by atoms with E-state index in [4.69, 9.17) is 13.6 Å². The van der Waals surface area contributed by atoms with Crippen LogP contribution in [-0.2, 0) is 28.7 Å². The van der Waals surface area contributed by atoms with E-state index in [0.29, 0.717) is 19.8 Å². The first-order valence-corrected chi connectivity index (χ1v) is 20.1. The number of benzene rings is 1. The van der Waals surface area contributed by atoms with E-state index in [1.54, 1.807) is 11.3 Å². The maximum atomic E-state index is 9.29. The Bertz CT molecular complexity index is 1040. The molecule has 2 aromatic rings. The fourth-order valence-corrected chi connectivity index (χ4v) is 6.16. The summed E-state index contributed by atoms with van der Waals surface area (Å²) < 4.78 is 19.4. The highest BCUT2D eigenvalue weighted by Gasteiger charge is 2.38. The van der Waals surface area contributed by atoms with Crippen LogP contribution in [0.5, 0.6) is 5.75 Å². The van der Waals surface area contributed by atoms with Crippen LogP contribution in [-0.4, -0.2) is 28.3 Å². The standard InChI is InChI=1S/C30H50O4SSi2/c1-12-23(17-18-31)28-16-15-27(35-28)22-32-26-14-13-24(20-33-36(8,9)29(2,3)4)25(19-26)21-34-37(10,11)30(5,6)7/h13-17,19,31H,12,18,20-22H2,1-11H3/b23-17+. The first kappa shape index (κ1) is 32.0. The van der Waals surface area contributed by atoms with E-state index in [9.17, 15) is 5.11 Å². The van der Waals surface area contributed by atoms with Gasteiger partial charge in [0, 0.05) is 9.75 Å². The molecule has 37 heavy (non-hydrogen) atoms. The van der Waals surface area contributed by atoms with Gasteiger partial charge in [0.2, 0.25) is 0 Å². The number of aliphatic hydroxyl groups is 1. The minimum Gasteiger partial charge on any atom is -0.488 e. The van der Waals surface area contributed by atoms with E-state index in [1.807, 2.05) is 6.08 Å². The topological polar surface area (TPSA) is 47.9 Å². The molecule has 0 aliphatic carbocycles. The van der Waals surface area contributed by atoms with Gasteiger partial charge in [-0.25, -0.2) is 0 Å². The molecule has 0 fully saturated rings. The number of hydrogen-bond acceptors (Lipinski definition) is 5. The van der Waals surface area contributed by atoms with Crippen molar-refractivity contribution >= 4 is 33.5 Å². The second kappa shape index (κ2) is 12.8. The van der Waals surface area contributed by atoms with E-state index in [-0.39, 0.29) is 16.7 Å². The highest BCUT2D eigenvalue weighted by atomic mass is 32.1. The number of rotatable bonds is 12. The Balaban J connectivity index is 2.23. The summed E-state index contributed by atoms with van der Waals surface area (Å²) >= 11 is 1.72. The maximum absolute atomic E-state index is 9.29. The number of aliphatic hydroxyl groups excluding tert-OH is 1. The first-order chi connectivity index (χ1) is 17.0. The average Bonchev–Trinajstić information content (AvgIpc) is 3.26.